The van der Waals surface area contributed by atoms with Crippen LogP contribution in [0.25, 0.3) is 0 Å². The maximum Gasteiger partial charge on any atom is 0.332 e. The van der Waals surface area contributed by atoms with Gasteiger partial charge in [0.15, 0.2) is 6.10 Å². The van der Waals surface area contributed by atoms with Gasteiger partial charge in [-0.05, 0) is 25.3 Å². The second kappa shape index (κ2) is 5.84. The Hall–Kier alpha value is -1.88. The maximum atomic E-state index is 11.8. The lowest BCUT2D eigenvalue weighted by atomic mass is 10.1. The van der Waals surface area contributed by atoms with Crippen LogP contribution >= 0.6 is 0 Å². The van der Waals surface area contributed by atoms with Crippen molar-refractivity contribution in [2.45, 2.75) is 38.5 Å². The quantitative estimate of drug-likeness (QED) is 0.857. The average Bonchev–Trinajstić information content (AvgIpc) is 2.87. The number of rotatable bonds is 4. The Morgan fingerprint density at radius 1 is 1.26 bits per heavy atom. The number of carboxylic acid groups (broad SMARTS) is 1. The second-order valence-electron chi connectivity index (χ2n) is 4.73. The number of carbonyl (C=O) groups is 2. The van der Waals surface area contributed by atoms with E-state index in [1.807, 2.05) is 31.2 Å². The van der Waals surface area contributed by atoms with Gasteiger partial charge in [0, 0.05) is 6.54 Å². The molecule has 1 aliphatic rings. The van der Waals surface area contributed by atoms with Gasteiger partial charge < -0.3 is 15.2 Å². The number of carbonyl (C=O) groups excluding carboxylic acids is 1. The van der Waals surface area contributed by atoms with Crippen LogP contribution in [0.5, 0.6) is 0 Å². The van der Waals surface area contributed by atoms with Crippen molar-refractivity contribution in [1.82, 2.24) is 5.32 Å². The molecule has 102 valence electrons. The Labute approximate surface area is 111 Å². The first-order chi connectivity index (χ1) is 9.06. The lowest BCUT2D eigenvalue weighted by Gasteiger charge is -2.11. The van der Waals surface area contributed by atoms with Gasteiger partial charge >= 0.3 is 5.97 Å². The van der Waals surface area contributed by atoms with Gasteiger partial charge in [0.1, 0.15) is 6.10 Å². The van der Waals surface area contributed by atoms with Crippen LogP contribution < -0.4 is 5.32 Å². The summed E-state index contributed by atoms with van der Waals surface area (Å²) < 4.78 is 5.18. The number of carboxylic acids is 1. The van der Waals surface area contributed by atoms with E-state index in [1.165, 1.54) is 5.56 Å². The van der Waals surface area contributed by atoms with E-state index in [0.717, 1.165) is 5.56 Å². The van der Waals surface area contributed by atoms with E-state index in [9.17, 15) is 9.59 Å². The Bertz CT molecular complexity index is 469. The van der Waals surface area contributed by atoms with Crippen LogP contribution in [0.1, 0.15) is 24.0 Å². The molecule has 5 nitrogen and oxygen atoms in total. The van der Waals surface area contributed by atoms with Gasteiger partial charge in [0.05, 0.1) is 0 Å². The third-order valence-electron chi connectivity index (χ3n) is 3.17. The molecular weight excluding hydrogens is 246 g/mol. The normalized spacial score (nSPS) is 22.2. The zero-order chi connectivity index (χ0) is 13.8. The van der Waals surface area contributed by atoms with Crippen LogP contribution in [0.15, 0.2) is 24.3 Å². The molecule has 0 aliphatic carbocycles. The van der Waals surface area contributed by atoms with Crippen molar-refractivity contribution in [2.24, 2.45) is 0 Å². The highest BCUT2D eigenvalue weighted by Crippen LogP contribution is 2.20. The first-order valence-electron chi connectivity index (χ1n) is 6.28. The maximum absolute atomic E-state index is 11.8. The molecule has 1 aromatic carbocycles. The van der Waals surface area contributed by atoms with E-state index in [4.69, 9.17) is 9.84 Å². The minimum atomic E-state index is -1.01. The van der Waals surface area contributed by atoms with Gasteiger partial charge in [-0.3, -0.25) is 4.79 Å². The smallest absolute Gasteiger partial charge is 0.332 e. The molecule has 2 unspecified atom stereocenters. The van der Waals surface area contributed by atoms with Crippen LogP contribution in [-0.4, -0.2) is 29.2 Å². The summed E-state index contributed by atoms with van der Waals surface area (Å²) in [7, 11) is 0. The summed E-state index contributed by atoms with van der Waals surface area (Å²) in [5.41, 5.74) is 2.17. The summed E-state index contributed by atoms with van der Waals surface area (Å²) in [4.78, 5) is 22.5. The van der Waals surface area contributed by atoms with Crippen molar-refractivity contribution < 1.29 is 19.4 Å². The number of nitrogens with one attached hydrogen (secondary N) is 1. The van der Waals surface area contributed by atoms with Crippen LogP contribution in [0.3, 0.4) is 0 Å². The number of aryl methyl sites for hydroxylation is 1. The molecule has 1 saturated heterocycles. The van der Waals surface area contributed by atoms with Gasteiger partial charge in [-0.15, -0.1) is 0 Å². The lowest BCUT2D eigenvalue weighted by molar-refractivity contribution is -0.151. The highest BCUT2D eigenvalue weighted by molar-refractivity contribution is 5.82. The third kappa shape index (κ3) is 3.54. The molecule has 1 aliphatic heterocycles. The van der Waals surface area contributed by atoms with Crippen LogP contribution in [0, 0.1) is 6.92 Å². The van der Waals surface area contributed by atoms with E-state index in [-0.39, 0.29) is 5.91 Å². The fourth-order valence-electron chi connectivity index (χ4n) is 2.02. The van der Waals surface area contributed by atoms with Crippen molar-refractivity contribution in [1.29, 1.82) is 0 Å². The Morgan fingerprint density at radius 3 is 2.47 bits per heavy atom. The molecule has 1 amide bonds. The number of ether oxygens (including phenoxy) is 1. The molecule has 0 radical (unpaired) electrons. The number of amides is 1. The van der Waals surface area contributed by atoms with Crippen LogP contribution in [0.4, 0.5) is 0 Å². The van der Waals surface area contributed by atoms with Gasteiger partial charge in [-0.25, -0.2) is 4.79 Å². The van der Waals surface area contributed by atoms with E-state index in [2.05, 4.69) is 5.32 Å². The Morgan fingerprint density at radius 2 is 1.89 bits per heavy atom. The van der Waals surface area contributed by atoms with E-state index < -0.39 is 18.2 Å². The zero-order valence-corrected chi connectivity index (χ0v) is 10.8. The predicted octanol–water partition coefficient (Wildman–Crippen LogP) is 1.24. The Balaban J connectivity index is 1.82. The molecule has 1 aromatic rings. The number of benzene rings is 1. The summed E-state index contributed by atoms with van der Waals surface area (Å²) >= 11 is 0. The summed E-state index contributed by atoms with van der Waals surface area (Å²) in [6.07, 6.45) is -0.657. The Kier molecular flexibility index (Phi) is 4.16. The average molecular weight is 263 g/mol. The largest absolute Gasteiger partial charge is 0.479 e. The summed E-state index contributed by atoms with van der Waals surface area (Å²) in [6, 6.07) is 7.86. The predicted molar refractivity (Wildman–Crippen MR) is 68.6 cm³/mol. The molecule has 2 N–H and O–H groups in total. The highest BCUT2D eigenvalue weighted by atomic mass is 16.5. The van der Waals surface area contributed by atoms with Gasteiger partial charge in [-0.1, -0.05) is 29.8 Å². The minimum absolute atomic E-state index is 0.246. The second-order valence-corrected chi connectivity index (χ2v) is 4.73. The van der Waals surface area contributed by atoms with Gasteiger partial charge in [0.2, 0.25) is 5.91 Å². The molecule has 0 saturated carbocycles. The molecule has 19 heavy (non-hydrogen) atoms. The lowest BCUT2D eigenvalue weighted by Crippen LogP contribution is -2.35. The number of aliphatic carboxylic acids is 1. The van der Waals surface area contributed by atoms with Crippen molar-refractivity contribution >= 4 is 11.9 Å². The van der Waals surface area contributed by atoms with Crippen molar-refractivity contribution in [3.05, 3.63) is 35.4 Å². The zero-order valence-electron chi connectivity index (χ0n) is 10.8. The third-order valence-corrected chi connectivity index (χ3v) is 3.17. The van der Waals surface area contributed by atoms with Crippen LogP contribution in [-0.2, 0) is 20.9 Å². The van der Waals surface area contributed by atoms with E-state index in [0.29, 0.717) is 19.4 Å². The highest BCUT2D eigenvalue weighted by Gasteiger charge is 2.34. The van der Waals surface area contributed by atoms with Crippen molar-refractivity contribution in [3.63, 3.8) is 0 Å². The van der Waals surface area contributed by atoms with Gasteiger partial charge in [-0.2, -0.15) is 0 Å². The molecule has 2 rings (SSSR count). The monoisotopic (exact) mass is 263 g/mol. The molecule has 0 aromatic heterocycles. The minimum Gasteiger partial charge on any atom is -0.479 e. The van der Waals surface area contributed by atoms with E-state index >= 15 is 0 Å². The van der Waals surface area contributed by atoms with Gasteiger partial charge in [0.25, 0.3) is 0 Å². The molecule has 0 spiro atoms. The molecule has 2 atom stereocenters. The molecule has 5 heteroatoms. The fourth-order valence-corrected chi connectivity index (χ4v) is 2.02. The van der Waals surface area contributed by atoms with Crippen molar-refractivity contribution in [2.75, 3.05) is 0 Å². The number of hydrogen-bond acceptors (Lipinski definition) is 3. The molecule has 0 bridgehead atoms. The molecule has 1 heterocycles. The summed E-state index contributed by atoms with van der Waals surface area (Å²) in [6.45, 7) is 2.43. The fraction of sp³-hybridized carbons (Fsp3) is 0.429. The molecular formula is C14H17NO4. The molecule has 1 fully saturated rings. The van der Waals surface area contributed by atoms with Crippen molar-refractivity contribution in [3.8, 4) is 0 Å². The van der Waals surface area contributed by atoms with Crippen LogP contribution in [0.2, 0.25) is 0 Å². The topological polar surface area (TPSA) is 75.6 Å². The summed E-state index contributed by atoms with van der Waals surface area (Å²) in [5, 5.41) is 11.6. The van der Waals surface area contributed by atoms with E-state index in [1.54, 1.807) is 0 Å². The SMILES string of the molecule is Cc1ccc(CNC(=O)C2CCC(C(=O)O)O2)cc1. The first-order valence-corrected chi connectivity index (χ1v) is 6.28. The first kappa shape index (κ1) is 13.5. The summed E-state index contributed by atoms with van der Waals surface area (Å²) in [5.74, 6) is -1.25. The number of hydrogen-bond donors (Lipinski definition) is 2. The standard InChI is InChI=1S/C14H17NO4/c1-9-2-4-10(5-3-9)8-15-13(16)11-6-7-12(19-11)14(17)18/h2-5,11-12H,6-8H2,1H3,(H,15,16)(H,17,18).